The monoisotopic (exact) mass is 280 g/mol. The van der Waals surface area contributed by atoms with Crippen molar-refractivity contribution in [2.45, 2.75) is 32.4 Å². The smallest absolute Gasteiger partial charge is 0.408 e. The normalized spacial score (nSPS) is 12.3. The molecule has 1 unspecified atom stereocenters. The number of nitro benzene ring substituents is 1. The van der Waals surface area contributed by atoms with Crippen LogP contribution in [0.1, 0.15) is 32.4 Å². The Morgan fingerprint density at radius 1 is 1.40 bits per heavy atom. The largest absolute Gasteiger partial charge is 0.444 e. The van der Waals surface area contributed by atoms with Crippen molar-refractivity contribution in [3.05, 3.63) is 39.9 Å². The molecule has 0 bridgehead atoms. The highest BCUT2D eigenvalue weighted by Gasteiger charge is 2.25. The summed E-state index contributed by atoms with van der Waals surface area (Å²) in [5.74, 6) is 0. The molecule has 0 saturated heterocycles. The lowest BCUT2D eigenvalue weighted by atomic mass is 10.1. The molecule has 1 amide bonds. The number of nitro groups is 1. The molecule has 0 radical (unpaired) electrons. The molecular weight excluding hydrogens is 264 g/mol. The minimum atomic E-state index is -1.13. The summed E-state index contributed by atoms with van der Waals surface area (Å²) in [6.45, 7) is 5.02. The third kappa shape index (κ3) is 4.34. The quantitative estimate of drug-likeness (QED) is 0.518. The third-order valence-corrected chi connectivity index (χ3v) is 2.28. The Labute approximate surface area is 116 Å². The summed E-state index contributed by atoms with van der Waals surface area (Å²) in [5.41, 5.74) is -0.848. The lowest BCUT2D eigenvalue weighted by Crippen LogP contribution is -2.35. The first-order chi connectivity index (χ1) is 9.24. The number of benzene rings is 1. The van der Waals surface area contributed by atoms with Crippen LogP contribution in [0.2, 0.25) is 0 Å². The lowest BCUT2D eigenvalue weighted by Gasteiger charge is -2.21. The first kappa shape index (κ1) is 15.6. The van der Waals surface area contributed by atoms with Gasteiger partial charge in [0.25, 0.3) is 5.69 Å². The van der Waals surface area contributed by atoms with Crippen molar-refractivity contribution in [3.63, 3.8) is 0 Å². The second kappa shape index (κ2) is 6.14. The van der Waals surface area contributed by atoms with Crippen LogP contribution in [0.3, 0.4) is 0 Å². The van der Waals surface area contributed by atoms with Gasteiger partial charge in [-0.05, 0) is 26.8 Å². The second-order valence-corrected chi connectivity index (χ2v) is 5.08. The van der Waals surface area contributed by atoms with Gasteiger partial charge < -0.3 is 14.8 Å². The van der Waals surface area contributed by atoms with E-state index in [-0.39, 0.29) is 11.3 Å². The molecule has 1 N–H and O–H groups in total. The van der Waals surface area contributed by atoms with Crippen LogP contribution >= 0.6 is 0 Å². The summed E-state index contributed by atoms with van der Waals surface area (Å²) in [7, 11) is 0. The van der Waals surface area contributed by atoms with Gasteiger partial charge in [0, 0.05) is 6.07 Å². The zero-order chi connectivity index (χ0) is 15.3. The maximum atomic E-state index is 11.6. The average Bonchev–Trinajstić information content (AvgIpc) is 2.33. The molecule has 0 aromatic heterocycles. The van der Waals surface area contributed by atoms with Gasteiger partial charge in [-0.3, -0.25) is 10.1 Å². The molecule has 0 aliphatic carbocycles. The highest BCUT2D eigenvalue weighted by molar-refractivity contribution is 5.75. The van der Waals surface area contributed by atoms with E-state index in [1.807, 2.05) is 0 Å². The molecule has 0 fully saturated rings. The van der Waals surface area contributed by atoms with E-state index >= 15 is 0 Å². The Hall–Kier alpha value is -2.44. The number of rotatable bonds is 4. The molecule has 1 aromatic rings. The molecule has 0 saturated carbocycles. The van der Waals surface area contributed by atoms with E-state index in [0.717, 1.165) is 0 Å². The van der Waals surface area contributed by atoms with E-state index in [1.54, 1.807) is 26.8 Å². The molecule has 7 nitrogen and oxygen atoms in total. The molecule has 1 aromatic carbocycles. The Kier molecular flexibility index (Phi) is 4.79. The average molecular weight is 280 g/mol. The van der Waals surface area contributed by atoms with Crippen LogP contribution in [0.25, 0.3) is 0 Å². The molecule has 20 heavy (non-hydrogen) atoms. The van der Waals surface area contributed by atoms with Gasteiger partial charge in [-0.15, -0.1) is 0 Å². The summed E-state index contributed by atoms with van der Waals surface area (Å²) in [4.78, 5) is 33.0. The van der Waals surface area contributed by atoms with Gasteiger partial charge in [0.2, 0.25) is 0 Å². The van der Waals surface area contributed by atoms with Gasteiger partial charge in [-0.2, -0.15) is 0 Å². The number of para-hydroxylation sites is 1. The highest BCUT2D eigenvalue weighted by Crippen LogP contribution is 2.23. The Balaban J connectivity index is 2.95. The SMILES string of the molecule is CC(C)(C)OC(=O)NC(C=O)c1ccccc1[N+](=O)[O-]. The van der Waals surface area contributed by atoms with Gasteiger partial charge in [0.15, 0.2) is 0 Å². The first-order valence-electron chi connectivity index (χ1n) is 5.92. The van der Waals surface area contributed by atoms with Crippen molar-refractivity contribution in [3.8, 4) is 0 Å². The summed E-state index contributed by atoms with van der Waals surface area (Å²) >= 11 is 0. The van der Waals surface area contributed by atoms with Crippen LogP contribution in [-0.2, 0) is 9.53 Å². The van der Waals surface area contributed by atoms with Crippen molar-refractivity contribution in [2.75, 3.05) is 0 Å². The minimum Gasteiger partial charge on any atom is -0.444 e. The summed E-state index contributed by atoms with van der Waals surface area (Å²) in [6.07, 6.45) is -0.389. The Morgan fingerprint density at radius 2 is 2.00 bits per heavy atom. The van der Waals surface area contributed by atoms with Crippen molar-refractivity contribution in [2.24, 2.45) is 0 Å². The van der Waals surface area contributed by atoms with Crippen molar-refractivity contribution >= 4 is 18.1 Å². The van der Waals surface area contributed by atoms with Crippen LogP contribution < -0.4 is 5.32 Å². The maximum absolute atomic E-state index is 11.6. The predicted octanol–water partition coefficient (Wildman–Crippen LogP) is 2.36. The van der Waals surface area contributed by atoms with Crippen molar-refractivity contribution in [1.29, 1.82) is 0 Å². The van der Waals surface area contributed by atoms with Crippen LogP contribution in [0.4, 0.5) is 10.5 Å². The number of carbonyl (C=O) groups excluding carboxylic acids is 2. The zero-order valence-electron chi connectivity index (χ0n) is 11.5. The molecule has 108 valence electrons. The maximum Gasteiger partial charge on any atom is 0.408 e. The number of ether oxygens (including phenoxy) is 1. The molecule has 0 heterocycles. The molecule has 1 atom stereocenters. The lowest BCUT2D eigenvalue weighted by molar-refractivity contribution is -0.385. The summed E-state index contributed by atoms with van der Waals surface area (Å²) in [6, 6.07) is 4.58. The molecule has 0 spiro atoms. The van der Waals surface area contributed by atoms with Gasteiger partial charge in [0.1, 0.15) is 17.9 Å². The topological polar surface area (TPSA) is 98.5 Å². The number of nitrogens with zero attached hydrogens (tertiary/aromatic N) is 1. The minimum absolute atomic E-state index is 0.110. The van der Waals surface area contributed by atoms with Crippen molar-refractivity contribution in [1.82, 2.24) is 5.32 Å². The van der Waals surface area contributed by atoms with E-state index < -0.39 is 22.7 Å². The Bertz CT molecular complexity index is 522. The molecular formula is C13H16N2O5. The molecule has 1 rings (SSSR count). The van der Waals surface area contributed by atoms with Crippen molar-refractivity contribution < 1.29 is 19.2 Å². The van der Waals surface area contributed by atoms with E-state index in [9.17, 15) is 19.7 Å². The Morgan fingerprint density at radius 3 is 2.50 bits per heavy atom. The van der Waals surface area contributed by atoms with Gasteiger partial charge in [0.05, 0.1) is 10.5 Å². The second-order valence-electron chi connectivity index (χ2n) is 5.08. The molecule has 0 aliphatic rings. The molecule has 0 aliphatic heterocycles. The number of nitrogens with one attached hydrogen (secondary N) is 1. The molecule has 7 heteroatoms. The number of aldehydes is 1. The third-order valence-electron chi connectivity index (χ3n) is 2.28. The predicted molar refractivity (Wildman–Crippen MR) is 71.3 cm³/mol. The van der Waals surface area contributed by atoms with E-state index in [0.29, 0.717) is 6.29 Å². The van der Waals surface area contributed by atoms with E-state index in [4.69, 9.17) is 4.74 Å². The van der Waals surface area contributed by atoms with E-state index in [2.05, 4.69) is 5.32 Å². The highest BCUT2D eigenvalue weighted by atomic mass is 16.6. The fourth-order valence-electron chi connectivity index (χ4n) is 1.54. The number of amides is 1. The number of hydrogen-bond acceptors (Lipinski definition) is 5. The zero-order valence-corrected chi connectivity index (χ0v) is 11.5. The van der Waals surface area contributed by atoms with Gasteiger partial charge >= 0.3 is 6.09 Å². The number of alkyl carbamates (subject to hydrolysis) is 1. The fourth-order valence-corrected chi connectivity index (χ4v) is 1.54. The summed E-state index contributed by atoms with van der Waals surface area (Å²) < 4.78 is 5.01. The van der Waals surface area contributed by atoms with Crippen LogP contribution in [0.15, 0.2) is 24.3 Å². The van der Waals surface area contributed by atoms with Crippen LogP contribution in [0, 0.1) is 10.1 Å². The first-order valence-corrected chi connectivity index (χ1v) is 5.92. The standard InChI is InChI=1S/C13H16N2O5/c1-13(2,3)20-12(17)14-10(8-16)9-6-4-5-7-11(9)15(18)19/h4-8,10H,1-3H3,(H,14,17). The van der Waals surface area contributed by atoms with Crippen LogP contribution in [0.5, 0.6) is 0 Å². The van der Waals surface area contributed by atoms with Crippen LogP contribution in [-0.4, -0.2) is 22.9 Å². The fraction of sp³-hybridized carbons (Fsp3) is 0.385. The number of hydrogen-bond donors (Lipinski definition) is 1. The van der Waals surface area contributed by atoms with Gasteiger partial charge in [-0.1, -0.05) is 12.1 Å². The number of carbonyl (C=O) groups is 2. The van der Waals surface area contributed by atoms with Gasteiger partial charge in [-0.25, -0.2) is 4.79 Å². The summed E-state index contributed by atoms with van der Waals surface area (Å²) in [5, 5.41) is 13.2. The van der Waals surface area contributed by atoms with E-state index in [1.165, 1.54) is 18.2 Å².